The summed E-state index contributed by atoms with van der Waals surface area (Å²) < 4.78 is 0. The number of fused-ring (bicyclic) bond motifs is 3. The zero-order chi connectivity index (χ0) is 32.4. The SMILES string of the molecule is CN(Cc1cccc(-c2ccc(O)c3c2CC2CC4C(C(=O)C2=C3O)[C@@](C)(O)C(C(N)=O)=C(O)[C@H]4N(C)C)c1)C1CCCCC1. The lowest BCUT2D eigenvalue weighted by atomic mass is 9.55. The van der Waals surface area contributed by atoms with Crippen LogP contribution in [0.25, 0.3) is 16.9 Å². The Labute approximate surface area is 264 Å². The van der Waals surface area contributed by atoms with Crippen LogP contribution in [0.1, 0.15) is 62.1 Å². The minimum atomic E-state index is -2.04. The second-order valence-electron chi connectivity index (χ2n) is 14.0. The van der Waals surface area contributed by atoms with Crippen molar-refractivity contribution in [3.63, 3.8) is 0 Å². The highest BCUT2D eigenvalue weighted by molar-refractivity contribution is 6.08. The van der Waals surface area contributed by atoms with Gasteiger partial charge in [-0.15, -0.1) is 0 Å². The number of aromatic hydroxyl groups is 1. The number of carbonyl (C=O) groups is 2. The van der Waals surface area contributed by atoms with Crippen LogP contribution in [0.3, 0.4) is 0 Å². The van der Waals surface area contributed by atoms with E-state index in [1.807, 2.05) is 18.2 Å². The lowest BCUT2D eigenvalue weighted by molar-refractivity contribution is -0.139. The molecule has 0 aromatic heterocycles. The van der Waals surface area contributed by atoms with Crippen molar-refractivity contribution in [2.75, 3.05) is 21.1 Å². The average Bonchev–Trinajstić information content (AvgIpc) is 2.96. The molecule has 0 saturated heterocycles. The molecule has 2 saturated carbocycles. The molecule has 6 N–H and O–H groups in total. The van der Waals surface area contributed by atoms with Crippen LogP contribution in [-0.2, 0) is 22.6 Å². The molecule has 0 bridgehead atoms. The van der Waals surface area contributed by atoms with E-state index in [1.165, 1.54) is 44.6 Å². The van der Waals surface area contributed by atoms with Gasteiger partial charge in [0.05, 0.1) is 23.1 Å². The van der Waals surface area contributed by atoms with Gasteiger partial charge >= 0.3 is 0 Å². The van der Waals surface area contributed by atoms with E-state index in [9.17, 15) is 30.0 Å². The first-order chi connectivity index (χ1) is 21.3. The molecular formula is C36H45N3O6. The Balaban J connectivity index is 1.40. The van der Waals surface area contributed by atoms with Crippen molar-refractivity contribution in [1.82, 2.24) is 9.80 Å². The Bertz CT molecular complexity index is 1600. The van der Waals surface area contributed by atoms with Crippen molar-refractivity contribution in [3.05, 3.63) is 70.0 Å². The monoisotopic (exact) mass is 615 g/mol. The van der Waals surface area contributed by atoms with Crippen molar-refractivity contribution in [2.45, 2.75) is 76.1 Å². The maximum atomic E-state index is 14.3. The van der Waals surface area contributed by atoms with E-state index in [4.69, 9.17) is 5.73 Å². The van der Waals surface area contributed by atoms with Crippen LogP contribution in [-0.4, -0.2) is 80.7 Å². The van der Waals surface area contributed by atoms with Crippen LogP contribution in [0.5, 0.6) is 5.75 Å². The lowest BCUT2D eigenvalue weighted by Gasteiger charge is -2.52. The van der Waals surface area contributed by atoms with Gasteiger partial charge in [0.25, 0.3) is 5.91 Å². The van der Waals surface area contributed by atoms with E-state index in [0.29, 0.717) is 18.9 Å². The number of rotatable bonds is 6. The number of aliphatic hydroxyl groups excluding tert-OH is 2. The van der Waals surface area contributed by atoms with Crippen LogP contribution in [0, 0.1) is 17.8 Å². The molecule has 4 aliphatic carbocycles. The standard InChI is InChI=1S/C36H45N3O6/c1-36(45)29-25(31(38(2)3)34(43)30(36)35(37)44)17-21-16-24-23(13-14-26(40)28(24)32(41)27(21)33(29)42)20-10-8-9-19(15-20)18-39(4)22-11-6-5-7-12-22/h8-10,13-15,21-22,25,29,31,40-41,43,45H,5-7,11-12,16-18H2,1-4H3,(H2,37,44)/t21?,25?,29?,31-,36+/m0/s1. The fourth-order valence-electron chi connectivity index (χ4n) is 8.93. The molecule has 9 heteroatoms. The third-order valence-electron chi connectivity index (χ3n) is 10.9. The first-order valence-corrected chi connectivity index (χ1v) is 16.1. The zero-order valence-corrected chi connectivity index (χ0v) is 26.6. The molecule has 6 rings (SSSR count). The predicted octanol–water partition coefficient (Wildman–Crippen LogP) is 4.46. The number of phenols is 1. The number of phenolic OH excluding ortho intramolecular Hbond substituents is 1. The lowest BCUT2D eigenvalue weighted by Crippen LogP contribution is -2.61. The first kappa shape index (κ1) is 31.3. The fourth-order valence-corrected chi connectivity index (χ4v) is 8.93. The van der Waals surface area contributed by atoms with Crippen molar-refractivity contribution in [2.24, 2.45) is 23.5 Å². The summed E-state index contributed by atoms with van der Waals surface area (Å²) in [7, 11) is 5.68. The number of aliphatic hydroxyl groups is 3. The zero-order valence-electron chi connectivity index (χ0n) is 26.6. The van der Waals surface area contributed by atoms with E-state index in [1.54, 1.807) is 25.1 Å². The molecule has 5 atom stereocenters. The van der Waals surface area contributed by atoms with Gasteiger partial charge in [-0.2, -0.15) is 0 Å². The average molecular weight is 616 g/mol. The molecule has 3 unspecified atom stereocenters. The van der Waals surface area contributed by atoms with Crippen molar-refractivity contribution in [3.8, 4) is 16.9 Å². The fraction of sp³-hybridized carbons (Fsp3) is 0.500. The van der Waals surface area contributed by atoms with Gasteiger partial charge in [-0.3, -0.25) is 19.4 Å². The van der Waals surface area contributed by atoms with Gasteiger partial charge in [0.15, 0.2) is 5.78 Å². The molecule has 1 amide bonds. The van der Waals surface area contributed by atoms with Gasteiger partial charge in [0, 0.05) is 18.2 Å². The number of Topliss-reactive ketones (excluding diaryl/α,β-unsaturated/α-hetero) is 1. The molecule has 0 spiro atoms. The van der Waals surface area contributed by atoms with Crippen LogP contribution in [0.15, 0.2) is 53.3 Å². The summed E-state index contributed by atoms with van der Waals surface area (Å²) in [5.74, 6) is -4.35. The van der Waals surface area contributed by atoms with Crippen molar-refractivity contribution < 1.29 is 30.0 Å². The highest BCUT2D eigenvalue weighted by Gasteiger charge is 2.60. The molecule has 2 aromatic rings. The number of benzene rings is 2. The summed E-state index contributed by atoms with van der Waals surface area (Å²) in [6.45, 7) is 2.15. The summed E-state index contributed by atoms with van der Waals surface area (Å²) in [5, 5.41) is 45.5. The Hall–Kier alpha value is -3.66. The van der Waals surface area contributed by atoms with E-state index in [2.05, 4.69) is 24.1 Å². The number of amides is 1. The van der Waals surface area contributed by atoms with E-state index >= 15 is 0 Å². The Kier molecular flexibility index (Phi) is 8.08. The Morgan fingerprint density at radius 3 is 2.42 bits per heavy atom. The number of hydrogen-bond donors (Lipinski definition) is 5. The number of ketones is 1. The smallest absolute Gasteiger partial charge is 0.251 e. The number of hydrogen-bond acceptors (Lipinski definition) is 8. The van der Waals surface area contributed by atoms with Gasteiger partial charge in [0.2, 0.25) is 0 Å². The molecular weight excluding hydrogens is 570 g/mol. The van der Waals surface area contributed by atoms with Gasteiger partial charge in [-0.05, 0) is 100.0 Å². The van der Waals surface area contributed by atoms with E-state index in [0.717, 1.165) is 23.2 Å². The molecule has 9 nitrogen and oxygen atoms in total. The largest absolute Gasteiger partial charge is 0.510 e. The topological polar surface area (TPSA) is 148 Å². The van der Waals surface area contributed by atoms with Gasteiger partial charge < -0.3 is 26.2 Å². The summed E-state index contributed by atoms with van der Waals surface area (Å²) in [4.78, 5) is 30.9. The quantitative estimate of drug-likeness (QED) is 0.320. The third kappa shape index (κ3) is 5.15. The normalized spacial score (nSPS) is 28.7. The van der Waals surface area contributed by atoms with Crippen molar-refractivity contribution in [1.29, 1.82) is 0 Å². The van der Waals surface area contributed by atoms with E-state index < -0.39 is 41.1 Å². The third-order valence-corrected chi connectivity index (χ3v) is 10.9. The summed E-state index contributed by atoms with van der Waals surface area (Å²) >= 11 is 0. The highest BCUT2D eigenvalue weighted by atomic mass is 16.3. The number of likely N-dealkylation sites (N-methyl/N-ethyl adjacent to an activating group) is 1. The van der Waals surface area contributed by atoms with Gasteiger partial charge in [0.1, 0.15) is 22.9 Å². The first-order valence-electron chi connectivity index (χ1n) is 16.1. The highest BCUT2D eigenvalue weighted by Crippen LogP contribution is 2.54. The molecule has 0 heterocycles. The summed E-state index contributed by atoms with van der Waals surface area (Å²) in [6.07, 6.45) is 7.05. The number of primary amides is 1. The second kappa shape index (κ2) is 11.6. The Morgan fingerprint density at radius 1 is 1.04 bits per heavy atom. The molecule has 0 radical (unpaired) electrons. The Morgan fingerprint density at radius 2 is 1.76 bits per heavy atom. The summed E-state index contributed by atoms with van der Waals surface area (Å²) in [6, 6.07) is 11.6. The maximum Gasteiger partial charge on any atom is 0.251 e. The van der Waals surface area contributed by atoms with Gasteiger partial charge in [-0.25, -0.2) is 0 Å². The van der Waals surface area contributed by atoms with Crippen LogP contribution in [0.4, 0.5) is 0 Å². The van der Waals surface area contributed by atoms with Crippen LogP contribution in [0.2, 0.25) is 0 Å². The maximum absolute atomic E-state index is 14.3. The molecule has 240 valence electrons. The minimum absolute atomic E-state index is 0.128. The number of nitrogens with two attached hydrogens (primary N) is 1. The predicted molar refractivity (Wildman–Crippen MR) is 172 cm³/mol. The van der Waals surface area contributed by atoms with Crippen LogP contribution < -0.4 is 5.73 Å². The number of nitrogens with zero attached hydrogens (tertiary/aromatic N) is 2. The molecule has 4 aliphatic rings. The second-order valence-corrected chi connectivity index (χ2v) is 14.0. The van der Waals surface area contributed by atoms with Gasteiger partial charge in [-0.1, -0.05) is 43.5 Å². The molecule has 2 fully saturated rings. The molecule has 2 aromatic carbocycles. The minimum Gasteiger partial charge on any atom is -0.510 e. The number of allylic oxidation sites excluding steroid dienone is 1. The molecule has 45 heavy (non-hydrogen) atoms. The summed E-state index contributed by atoms with van der Waals surface area (Å²) in [5.41, 5.74) is 7.33. The molecule has 0 aliphatic heterocycles. The van der Waals surface area contributed by atoms with Crippen LogP contribution >= 0.6 is 0 Å². The van der Waals surface area contributed by atoms with E-state index in [-0.39, 0.29) is 34.0 Å². The number of carbonyl (C=O) groups excluding carboxylic acids is 2. The van der Waals surface area contributed by atoms with Crippen molar-refractivity contribution >= 4 is 17.4 Å².